The molecular weight excluding hydrogens is 488 g/mol. The largest absolute Gasteiger partial charge is 0.354 e. The zero-order valence-corrected chi connectivity index (χ0v) is 21.9. The molecule has 2 aromatic carbocycles. The van der Waals surface area contributed by atoms with Crippen molar-refractivity contribution in [1.29, 1.82) is 0 Å². The third-order valence-corrected chi connectivity index (χ3v) is 9.19. The number of hydrogen-bond donors (Lipinski definition) is 3. The van der Waals surface area contributed by atoms with Crippen molar-refractivity contribution >= 4 is 32.7 Å². The average molecular weight is 523 g/mol. The molecule has 1 aliphatic carbocycles. The highest BCUT2D eigenvalue weighted by Gasteiger charge is 2.31. The molecule has 3 N–H and O–H groups in total. The van der Waals surface area contributed by atoms with Crippen LogP contribution in [-0.2, 0) is 26.7 Å². The molecule has 0 radical (unpaired) electrons. The van der Waals surface area contributed by atoms with Gasteiger partial charge in [-0.1, -0.05) is 36.4 Å². The Morgan fingerprint density at radius 1 is 0.973 bits per heavy atom. The number of amides is 2. The summed E-state index contributed by atoms with van der Waals surface area (Å²) in [5, 5.41) is 6.74. The molecule has 2 aliphatic rings. The molecule has 0 spiro atoms. The second-order valence-electron chi connectivity index (χ2n) is 10.2. The summed E-state index contributed by atoms with van der Waals surface area (Å²) in [6.45, 7) is 0.654. The van der Waals surface area contributed by atoms with Crippen molar-refractivity contribution < 1.29 is 18.0 Å². The Hall–Kier alpha value is -3.17. The molecule has 0 bridgehead atoms. The lowest BCUT2D eigenvalue weighted by atomic mass is 9.85. The third-order valence-electron chi connectivity index (χ3n) is 7.67. The van der Waals surface area contributed by atoms with E-state index in [4.69, 9.17) is 0 Å². The standard InChI is InChI=1S/C28H34N4O4S/c1-32-25(19-7-3-2-4-8-19)17-21-12-15-23(18-26(21)32)37(35,36)31-22-13-10-20(11-14-22)27(33)30-24-9-5-6-16-29-28(24)34/h2-4,7-8,12,15,17-18,20,22,24,31H,5-6,9-11,13-14,16H2,1H3,(H,29,34)(H,30,33)/t20-,22-,24?. The number of nitrogens with zero attached hydrogens (tertiary/aromatic N) is 1. The maximum absolute atomic E-state index is 13.2. The molecule has 1 aliphatic heterocycles. The number of fused-ring (bicyclic) bond motifs is 1. The van der Waals surface area contributed by atoms with Crippen LogP contribution in [0.2, 0.25) is 0 Å². The lowest BCUT2D eigenvalue weighted by Crippen LogP contribution is -2.48. The second-order valence-corrected chi connectivity index (χ2v) is 11.9. The van der Waals surface area contributed by atoms with Crippen LogP contribution in [0.15, 0.2) is 59.5 Å². The van der Waals surface area contributed by atoms with Crippen molar-refractivity contribution in [3.05, 3.63) is 54.6 Å². The van der Waals surface area contributed by atoms with Gasteiger partial charge in [-0.25, -0.2) is 13.1 Å². The molecule has 1 saturated carbocycles. The first-order valence-corrected chi connectivity index (χ1v) is 14.6. The van der Waals surface area contributed by atoms with Gasteiger partial charge in [-0.05, 0) is 68.7 Å². The molecule has 3 aromatic rings. The fraction of sp³-hybridized carbons (Fsp3) is 0.429. The monoisotopic (exact) mass is 522 g/mol. The van der Waals surface area contributed by atoms with Gasteiger partial charge >= 0.3 is 0 Å². The molecule has 2 amide bonds. The van der Waals surface area contributed by atoms with Crippen LogP contribution in [0.1, 0.15) is 44.9 Å². The van der Waals surface area contributed by atoms with E-state index >= 15 is 0 Å². The normalized spacial score (nSPS) is 22.8. The number of hydrogen-bond acceptors (Lipinski definition) is 4. The zero-order chi connectivity index (χ0) is 26.0. The first-order valence-electron chi connectivity index (χ1n) is 13.1. The van der Waals surface area contributed by atoms with E-state index in [9.17, 15) is 18.0 Å². The Morgan fingerprint density at radius 3 is 2.49 bits per heavy atom. The van der Waals surface area contributed by atoms with Gasteiger partial charge in [0.15, 0.2) is 0 Å². The minimum Gasteiger partial charge on any atom is -0.354 e. The molecule has 1 unspecified atom stereocenters. The maximum atomic E-state index is 13.2. The summed E-state index contributed by atoms with van der Waals surface area (Å²) in [5.74, 6) is -0.418. The zero-order valence-electron chi connectivity index (χ0n) is 21.1. The van der Waals surface area contributed by atoms with Gasteiger partial charge in [-0.15, -0.1) is 0 Å². The maximum Gasteiger partial charge on any atom is 0.242 e. The molecule has 9 heteroatoms. The molecule has 1 aromatic heterocycles. The van der Waals surface area contributed by atoms with Crippen LogP contribution in [0.3, 0.4) is 0 Å². The van der Waals surface area contributed by atoms with Crippen molar-refractivity contribution in [2.45, 2.75) is 61.9 Å². The number of aromatic nitrogens is 1. The second kappa shape index (κ2) is 10.7. The minimum absolute atomic E-state index is 0.105. The summed E-state index contributed by atoms with van der Waals surface area (Å²) < 4.78 is 31.3. The lowest BCUT2D eigenvalue weighted by molar-refractivity contribution is -0.131. The smallest absolute Gasteiger partial charge is 0.242 e. The first-order chi connectivity index (χ1) is 17.8. The molecule has 8 nitrogen and oxygen atoms in total. The van der Waals surface area contributed by atoms with Crippen LogP contribution in [0, 0.1) is 5.92 Å². The predicted octanol–water partition coefficient (Wildman–Crippen LogP) is 3.47. The number of sulfonamides is 1. The predicted molar refractivity (Wildman–Crippen MR) is 143 cm³/mol. The van der Waals surface area contributed by atoms with Gasteiger partial charge in [0, 0.05) is 42.1 Å². The van der Waals surface area contributed by atoms with Gasteiger partial charge in [0.2, 0.25) is 21.8 Å². The Bertz CT molecular complexity index is 1390. The van der Waals surface area contributed by atoms with Crippen molar-refractivity contribution in [2.75, 3.05) is 6.54 Å². The Morgan fingerprint density at radius 2 is 1.73 bits per heavy atom. The number of rotatable bonds is 6. The Balaban J connectivity index is 1.22. The first kappa shape index (κ1) is 25.5. The topological polar surface area (TPSA) is 109 Å². The molecule has 1 saturated heterocycles. The SMILES string of the molecule is Cn1c(-c2ccccc2)cc2ccc(S(=O)(=O)N[C@H]3CC[C@H](C(=O)NC4CCCCNC4=O)CC3)cc21. The molecular formula is C28H34N4O4S. The van der Waals surface area contributed by atoms with E-state index in [0.29, 0.717) is 38.6 Å². The molecule has 37 heavy (non-hydrogen) atoms. The van der Waals surface area contributed by atoms with E-state index in [1.807, 2.05) is 48.0 Å². The van der Waals surface area contributed by atoms with Crippen LogP contribution in [0.5, 0.6) is 0 Å². The molecule has 2 heterocycles. The number of aryl methyl sites for hydroxylation is 1. The van der Waals surface area contributed by atoms with E-state index in [1.165, 1.54) is 0 Å². The van der Waals surface area contributed by atoms with Gasteiger partial charge in [-0.2, -0.15) is 0 Å². The van der Waals surface area contributed by atoms with Crippen molar-refractivity contribution in [2.24, 2.45) is 13.0 Å². The summed E-state index contributed by atoms with van der Waals surface area (Å²) in [4.78, 5) is 25.2. The highest BCUT2D eigenvalue weighted by atomic mass is 32.2. The van der Waals surface area contributed by atoms with Crippen LogP contribution < -0.4 is 15.4 Å². The van der Waals surface area contributed by atoms with Crippen molar-refractivity contribution in [1.82, 2.24) is 19.9 Å². The van der Waals surface area contributed by atoms with E-state index in [2.05, 4.69) is 21.4 Å². The number of carbonyl (C=O) groups is 2. The van der Waals surface area contributed by atoms with Gasteiger partial charge in [0.05, 0.1) is 4.90 Å². The summed E-state index contributed by atoms with van der Waals surface area (Å²) in [5.41, 5.74) is 2.95. The van der Waals surface area contributed by atoms with Crippen molar-refractivity contribution in [3.8, 4) is 11.3 Å². The van der Waals surface area contributed by atoms with E-state index in [1.54, 1.807) is 12.1 Å². The van der Waals surface area contributed by atoms with E-state index < -0.39 is 16.1 Å². The molecule has 2 fully saturated rings. The number of nitrogens with one attached hydrogen (secondary N) is 3. The molecule has 5 rings (SSSR count). The van der Waals surface area contributed by atoms with Gasteiger partial charge in [0.25, 0.3) is 0 Å². The van der Waals surface area contributed by atoms with Crippen LogP contribution in [0.4, 0.5) is 0 Å². The van der Waals surface area contributed by atoms with Gasteiger partial charge in [-0.3, -0.25) is 9.59 Å². The summed E-state index contributed by atoms with van der Waals surface area (Å²) in [6, 6.07) is 16.6. The lowest BCUT2D eigenvalue weighted by Gasteiger charge is -2.29. The van der Waals surface area contributed by atoms with Gasteiger partial charge in [0.1, 0.15) is 6.04 Å². The van der Waals surface area contributed by atoms with Crippen LogP contribution in [0.25, 0.3) is 22.2 Å². The van der Waals surface area contributed by atoms with E-state index in [-0.39, 0.29) is 28.7 Å². The van der Waals surface area contributed by atoms with Gasteiger partial charge < -0.3 is 15.2 Å². The highest BCUT2D eigenvalue weighted by molar-refractivity contribution is 7.89. The minimum atomic E-state index is -3.71. The fourth-order valence-electron chi connectivity index (χ4n) is 5.49. The van der Waals surface area contributed by atoms with Crippen molar-refractivity contribution in [3.63, 3.8) is 0 Å². The Kier molecular flexibility index (Phi) is 7.35. The average Bonchev–Trinajstić information content (AvgIpc) is 3.10. The number of benzene rings is 2. The molecule has 196 valence electrons. The van der Waals surface area contributed by atoms with E-state index in [0.717, 1.165) is 35.0 Å². The quantitative estimate of drug-likeness (QED) is 0.461. The Labute approximate surface area is 217 Å². The fourth-order valence-corrected chi connectivity index (χ4v) is 6.82. The summed E-state index contributed by atoms with van der Waals surface area (Å²) in [6.07, 6.45) is 4.83. The summed E-state index contributed by atoms with van der Waals surface area (Å²) in [7, 11) is -1.77. The van der Waals surface area contributed by atoms with Crippen LogP contribution in [-0.4, -0.2) is 43.4 Å². The summed E-state index contributed by atoms with van der Waals surface area (Å²) >= 11 is 0. The molecule has 1 atom stereocenters. The number of carbonyl (C=O) groups excluding carboxylic acids is 2. The third kappa shape index (κ3) is 5.57. The highest BCUT2D eigenvalue weighted by Crippen LogP contribution is 2.30. The van der Waals surface area contributed by atoms with Crippen LogP contribution >= 0.6 is 0 Å².